The quantitative estimate of drug-likeness (QED) is 0.805. The predicted molar refractivity (Wildman–Crippen MR) is 89.4 cm³/mol. The number of hydrogen-bond donors (Lipinski definition) is 1. The number of fused-ring (bicyclic) bond motifs is 1. The molecule has 5 nitrogen and oxygen atoms in total. The average molecular weight is 306 g/mol. The summed E-state index contributed by atoms with van der Waals surface area (Å²) in [5.74, 6) is 1.86. The highest BCUT2D eigenvalue weighted by Crippen LogP contribution is 2.30. The normalized spacial score (nSPS) is 12.7. The van der Waals surface area contributed by atoms with Crippen molar-refractivity contribution in [2.75, 3.05) is 11.9 Å². The van der Waals surface area contributed by atoms with Gasteiger partial charge in [-0.2, -0.15) is 5.10 Å². The molecule has 5 heteroatoms. The summed E-state index contributed by atoms with van der Waals surface area (Å²) >= 11 is 0. The van der Waals surface area contributed by atoms with Crippen LogP contribution in [0.5, 0.6) is 5.75 Å². The summed E-state index contributed by atoms with van der Waals surface area (Å²) in [5, 5.41) is 7.53. The van der Waals surface area contributed by atoms with Gasteiger partial charge in [0.25, 0.3) is 0 Å². The maximum absolute atomic E-state index is 5.56. The van der Waals surface area contributed by atoms with Gasteiger partial charge >= 0.3 is 0 Å². The van der Waals surface area contributed by atoms with E-state index < -0.39 is 0 Å². The van der Waals surface area contributed by atoms with Gasteiger partial charge in [-0.1, -0.05) is 6.07 Å². The molecule has 3 aromatic rings. The second kappa shape index (κ2) is 5.76. The van der Waals surface area contributed by atoms with Crippen LogP contribution in [0.4, 0.5) is 5.82 Å². The molecule has 1 N–H and O–H groups in total. The van der Waals surface area contributed by atoms with Gasteiger partial charge in [-0.15, -0.1) is 0 Å². The van der Waals surface area contributed by atoms with Gasteiger partial charge in [0.15, 0.2) is 0 Å². The Morgan fingerprint density at radius 1 is 1.22 bits per heavy atom. The molecule has 2 aromatic heterocycles. The van der Waals surface area contributed by atoms with Crippen molar-refractivity contribution in [3.05, 3.63) is 59.9 Å². The molecule has 0 saturated carbocycles. The third-order valence-corrected chi connectivity index (χ3v) is 4.11. The molecule has 23 heavy (non-hydrogen) atoms. The van der Waals surface area contributed by atoms with E-state index in [1.165, 1.54) is 5.56 Å². The van der Waals surface area contributed by atoms with Crippen molar-refractivity contribution in [1.29, 1.82) is 0 Å². The van der Waals surface area contributed by atoms with E-state index in [0.29, 0.717) is 6.54 Å². The van der Waals surface area contributed by atoms with E-state index >= 15 is 0 Å². The van der Waals surface area contributed by atoms with Crippen LogP contribution in [0, 0.1) is 0 Å². The summed E-state index contributed by atoms with van der Waals surface area (Å²) in [7, 11) is 1.94. The molecule has 0 atom stereocenters. The minimum absolute atomic E-state index is 0.699. The van der Waals surface area contributed by atoms with Crippen LogP contribution in [0.25, 0.3) is 11.3 Å². The molecule has 3 heterocycles. The number of anilines is 1. The number of hydrogen-bond acceptors (Lipinski definition) is 4. The van der Waals surface area contributed by atoms with Gasteiger partial charge in [-0.25, -0.2) is 4.98 Å². The minimum atomic E-state index is 0.699. The molecule has 0 fully saturated rings. The summed E-state index contributed by atoms with van der Waals surface area (Å²) in [6, 6.07) is 14.3. The average Bonchev–Trinajstić information content (AvgIpc) is 3.21. The lowest BCUT2D eigenvalue weighted by atomic mass is 10.1. The fraction of sp³-hybridized carbons (Fsp3) is 0.222. The van der Waals surface area contributed by atoms with Crippen molar-refractivity contribution in [2.45, 2.75) is 13.0 Å². The van der Waals surface area contributed by atoms with E-state index in [1.54, 1.807) is 6.20 Å². The molecular formula is C18H18N4O. The number of nitrogens with one attached hydrogen (secondary N) is 1. The number of pyridine rings is 1. The highest BCUT2D eigenvalue weighted by atomic mass is 16.5. The van der Waals surface area contributed by atoms with E-state index in [9.17, 15) is 0 Å². The molecule has 4 rings (SSSR count). The summed E-state index contributed by atoms with van der Waals surface area (Å²) in [6.07, 6.45) is 2.77. The van der Waals surface area contributed by atoms with Crippen LogP contribution in [0.2, 0.25) is 0 Å². The van der Waals surface area contributed by atoms with Crippen LogP contribution in [0.3, 0.4) is 0 Å². The molecule has 116 valence electrons. The fourth-order valence-corrected chi connectivity index (χ4v) is 2.80. The molecule has 0 radical (unpaired) electrons. The number of aromatic nitrogens is 3. The first kappa shape index (κ1) is 13.8. The number of rotatable bonds is 4. The third kappa shape index (κ3) is 2.77. The second-order valence-corrected chi connectivity index (χ2v) is 5.63. The smallest absolute Gasteiger partial charge is 0.126 e. The second-order valence-electron chi connectivity index (χ2n) is 5.63. The molecule has 0 amide bonds. The lowest BCUT2D eigenvalue weighted by Crippen LogP contribution is -2.06. The Balaban J connectivity index is 1.55. The largest absolute Gasteiger partial charge is 0.493 e. The van der Waals surface area contributed by atoms with E-state index in [-0.39, 0.29) is 0 Å². The van der Waals surface area contributed by atoms with Gasteiger partial charge in [0, 0.05) is 25.2 Å². The minimum Gasteiger partial charge on any atom is -0.493 e. The van der Waals surface area contributed by atoms with Crippen LogP contribution in [0.15, 0.2) is 48.7 Å². The van der Waals surface area contributed by atoms with Crippen molar-refractivity contribution in [1.82, 2.24) is 14.8 Å². The van der Waals surface area contributed by atoms with Gasteiger partial charge < -0.3 is 10.1 Å². The van der Waals surface area contributed by atoms with Gasteiger partial charge in [-0.3, -0.25) is 4.68 Å². The van der Waals surface area contributed by atoms with Crippen molar-refractivity contribution in [3.8, 4) is 17.0 Å². The Kier molecular flexibility index (Phi) is 3.46. The van der Waals surface area contributed by atoms with Gasteiger partial charge in [0.2, 0.25) is 0 Å². The first-order valence-electron chi connectivity index (χ1n) is 7.73. The highest BCUT2D eigenvalue weighted by Gasteiger charge is 2.13. The zero-order valence-corrected chi connectivity index (χ0v) is 13.0. The highest BCUT2D eigenvalue weighted by molar-refractivity contribution is 5.64. The van der Waals surface area contributed by atoms with Gasteiger partial charge in [0.1, 0.15) is 11.6 Å². The third-order valence-electron chi connectivity index (χ3n) is 4.11. The van der Waals surface area contributed by atoms with E-state index in [1.807, 2.05) is 42.1 Å². The molecule has 1 aromatic carbocycles. The Bertz CT molecular complexity index is 841. The van der Waals surface area contributed by atoms with Crippen LogP contribution >= 0.6 is 0 Å². The number of ether oxygens (including phenoxy) is 1. The van der Waals surface area contributed by atoms with E-state index in [2.05, 4.69) is 22.5 Å². The Morgan fingerprint density at radius 3 is 3.04 bits per heavy atom. The van der Waals surface area contributed by atoms with E-state index in [4.69, 9.17) is 9.72 Å². The molecule has 0 aliphatic carbocycles. The lowest BCUT2D eigenvalue weighted by molar-refractivity contribution is 0.357. The Hall–Kier alpha value is -2.82. The Morgan fingerprint density at radius 2 is 2.17 bits per heavy atom. The zero-order chi connectivity index (χ0) is 15.6. The van der Waals surface area contributed by atoms with Crippen molar-refractivity contribution in [2.24, 2.45) is 7.05 Å². The topological polar surface area (TPSA) is 52.0 Å². The molecule has 1 aliphatic heterocycles. The molecule has 0 unspecified atom stereocenters. The van der Waals surface area contributed by atoms with Gasteiger partial charge in [0.05, 0.1) is 24.5 Å². The summed E-state index contributed by atoms with van der Waals surface area (Å²) in [6.45, 7) is 1.48. The van der Waals surface area contributed by atoms with Gasteiger partial charge in [-0.05, 0) is 42.0 Å². The number of aryl methyl sites for hydroxylation is 1. The maximum Gasteiger partial charge on any atom is 0.126 e. The first-order chi connectivity index (χ1) is 11.3. The van der Waals surface area contributed by atoms with Crippen LogP contribution < -0.4 is 10.1 Å². The number of benzene rings is 1. The van der Waals surface area contributed by atoms with Crippen molar-refractivity contribution >= 4 is 5.82 Å². The van der Waals surface area contributed by atoms with Crippen LogP contribution in [0.1, 0.15) is 11.3 Å². The summed E-state index contributed by atoms with van der Waals surface area (Å²) in [4.78, 5) is 4.72. The predicted octanol–water partition coefficient (Wildman–Crippen LogP) is 3.03. The molecule has 1 aliphatic rings. The summed E-state index contributed by atoms with van der Waals surface area (Å²) in [5.41, 5.74) is 4.47. The van der Waals surface area contributed by atoms with E-state index in [0.717, 1.165) is 41.5 Å². The lowest BCUT2D eigenvalue weighted by Gasteiger charge is -2.09. The molecule has 0 bridgehead atoms. The van der Waals surface area contributed by atoms with Crippen molar-refractivity contribution in [3.63, 3.8) is 0 Å². The Labute approximate surface area is 134 Å². The standard InChI is InChI=1S/C18H18N4O/c1-22-15(7-9-20-22)12-19-18-4-2-3-16(21-18)13-5-6-17-14(11-13)8-10-23-17/h2-7,9,11H,8,10,12H2,1H3,(H,19,21). The van der Waals surface area contributed by atoms with Crippen molar-refractivity contribution < 1.29 is 4.74 Å². The molecule has 0 spiro atoms. The summed E-state index contributed by atoms with van der Waals surface area (Å²) < 4.78 is 7.42. The monoisotopic (exact) mass is 306 g/mol. The first-order valence-corrected chi connectivity index (χ1v) is 7.73. The maximum atomic E-state index is 5.56. The SMILES string of the molecule is Cn1nccc1CNc1cccc(-c2ccc3c(c2)CCO3)n1. The zero-order valence-electron chi connectivity index (χ0n) is 13.0. The molecule has 0 saturated heterocycles. The molecular weight excluding hydrogens is 288 g/mol. The number of nitrogens with zero attached hydrogens (tertiary/aromatic N) is 3. The fourth-order valence-electron chi connectivity index (χ4n) is 2.80. The van der Waals surface area contributed by atoms with Crippen LogP contribution in [-0.4, -0.2) is 21.4 Å². The van der Waals surface area contributed by atoms with Crippen LogP contribution in [-0.2, 0) is 20.0 Å².